The number of nitrogens with two attached hydrogens (primary N) is 1. The summed E-state index contributed by atoms with van der Waals surface area (Å²) < 4.78 is 0. The summed E-state index contributed by atoms with van der Waals surface area (Å²) in [4.78, 5) is 39.4. The Morgan fingerprint density at radius 1 is 1.03 bits per heavy atom. The number of carboxylic acid groups (broad SMARTS) is 1. The van der Waals surface area contributed by atoms with Crippen molar-refractivity contribution in [1.29, 1.82) is 0 Å². The average Bonchev–Trinajstić information content (AvgIpc) is 3.30. The van der Waals surface area contributed by atoms with Gasteiger partial charge in [0.05, 0.1) is 12.6 Å². The Morgan fingerprint density at radius 2 is 1.77 bits per heavy atom. The second kappa shape index (κ2) is 11.0. The molecule has 1 unspecified atom stereocenters. The molecule has 10 nitrogen and oxygen atoms in total. The molecule has 6 N–H and O–H groups in total. The van der Waals surface area contributed by atoms with Crippen LogP contribution in [0.4, 0.5) is 0 Å². The number of nitrogens with one attached hydrogen (secondary N) is 3. The molecule has 31 heavy (non-hydrogen) atoms. The molecule has 0 radical (unpaired) electrons. The molecule has 3 aromatic rings. The number of carboxylic acids is 1. The maximum atomic E-state index is 12.5. The van der Waals surface area contributed by atoms with Crippen LogP contribution in [0.25, 0.3) is 0 Å². The number of amides is 1. The fourth-order valence-electron chi connectivity index (χ4n) is 2.97. The van der Waals surface area contributed by atoms with Gasteiger partial charge in [-0.2, -0.15) is 0 Å². The summed E-state index contributed by atoms with van der Waals surface area (Å²) in [6.07, 6.45) is 7.09. The van der Waals surface area contributed by atoms with E-state index in [0.29, 0.717) is 30.9 Å². The molecular weight excluding hydrogens is 398 g/mol. The predicted octanol–water partition coefficient (Wildman–Crippen LogP) is 1.15. The molecule has 2 aromatic heterocycles. The van der Waals surface area contributed by atoms with Gasteiger partial charge in [-0.15, -0.1) is 0 Å². The van der Waals surface area contributed by atoms with Gasteiger partial charge in [-0.25, -0.2) is 19.7 Å². The van der Waals surface area contributed by atoms with Crippen LogP contribution in [0.3, 0.4) is 0 Å². The van der Waals surface area contributed by atoms with Gasteiger partial charge in [0.1, 0.15) is 17.7 Å². The van der Waals surface area contributed by atoms with Crippen molar-refractivity contribution in [1.82, 2.24) is 30.6 Å². The number of carbonyl (C=O) groups excluding carboxylic acids is 1. The first-order valence-electron chi connectivity index (χ1n) is 9.87. The number of aromatic nitrogens is 4. The summed E-state index contributed by atoms with van der Waals surface area (Å²) in [6.45, 7) is 1.21. The Balaban J connectivity index is 1.49. The topological polar surface area (TPSA) is 159 Å². The molecule has 1 amide bonds. The number of rotatable bonds is 11. The fourth-order valence-corrected chi connectivity index (χ4v) is 2.97. The van der Waals surface area contributed by atoms with Crippen molar-refractivity contribution in [2.24, 2.45) is 5.73 Å². The van der Waals surface area contributed by atoms with Crippen molar-refractivity contribution in [2.75, 3.05) is 0 Å². The smallest absolute Gasteiger partial charge is 0.326 e. The van der Waals surface area contributed by atoms with Gasteiger partial charge in [-0.1, -0.05) is 12.1 Å². The van der Waals surface area contributed by atoms with Gasteiger partial charge in [0.15, 0.2) is 0 Å². The average molecular weight is 423 g/mol. The molecule has 0 saturated carbocycles. The SMILES string of the molecule is NC(CC[C@H](NC(=O)c1ccc(CNCc2ncc[nH]2)cc1)C(=O)O)c1ncccn1. The minimum Gasteiger partial charge on any atom is -0.480 e. The molecule has 0 saturated heterocycles. The summed E-state index contributed by atoms with van der Waals surface area (Å²) in [5, 5.41) is 15.3. The molecule has 2 atom stereocenters. The number of nitrogens with zero attached hydrogens (tertiary/aromatic N) is 3. The van der Waals surface area contributed by atoms with Crippen molar-refractivity contribution >= 4 is 11.9 Å². The summed E-state index contributed by atoms with van der Waals surface area (Å²) >= 11 is 0. The van der Waals surface area contributed by atoms with E-state index in [0.717, 1.165) is 11.4 Å². The zero-order valence-electron chi connectivity index (χ0n) is 16.9. The molecule has 3 rings (SSSR count). The van der Waals surface area contributed by atoms with Crippen LogP contribution < -0.4 is 16.4 Å². The van der Waals surface area contributed by atoms with Gasteiger partial charge in [-0.05, 0) is 36.6 Å². The van der Waals surface area contributed by atoms with Crippen molar-refractivity contribution < 1.29 is 14.7 Å². The summed E-state index contributed by atoms with van der Waals surface area (Å²) in [5.41, 5.74) is 7.41. The molecule has 0 aliphatic heterocycles. The number of imidazole rings is 1. The van der Waals surface area contributed by atoms with Gasteiger partial charge in [0.25, 0.3) is 5.91 Å². The highest BCUT2D eigenvalue weighted by Gasteiger charge is 2.22. The summed E-state index contributed by atoms with van der Waals surface area (Å²) in [7, 11) is 0. The summed E-state index contributed by atoms with van der Waals surface area (Å²) in [6, 6.07) is 7.09. The van der Waals surface area contributed by atoms with Gasteiger partial charge < -0.3 is 26.5 Å². The van der Waals surface area contributed by atoms with Gasteiger partial charge in [-0.3, -0.25) is 4.79 Å². The minimum absolute atomic E-state index is 0.162. The molecule has 1 aromatic carbocycles. The van der Waals surface area contributed by atoms with E-state index in [9.17, 15) is 14.7 Å². The van der Waals surface area contributed by atoms with Crippen molar-refractivity contribution in [3.63, 3.8) is 0 Å². The lowest BCUT2D eigenvalue weighted by Crippen LogP contribution is -2.41. The lowest BCUT2D eigenvalue weighted by atomic mass is 10.0. The van der Waals surface area contributed by atoms with Crippen molar-refractivity contribution in [3.8, 4) is 0 Å². The van der Waals surface area contributed by atoms with Crippen LogP contribution in [-0.4, -0.2) is 43.0 Å². The Bertz CT molecular complexity index is 962. The molecule has 2 heterocycles. The van der Waals surface area contributed by atoms with Crippen LogP contribution >= 0.6 is 0 Å². The highest BCUT2D eigenvalue weighted by atomic mass is 16.4. The van der Waals surface area contributed by atoms with E-state index in [2.05, 4.69) is 30.6 Å². The third-order valence-corrected chi connectivity index (χ3v) is 4.68. The Kier molecular flexibility index (Phi) is 7.79. The zero-order valence-corrected chi connectivity index (χ0v) is 16.9. The third kappa shape index (κ3) is 6.69. The van der Waals surface area contributed by atoms with Crippen LogP contribution in [0.1, 0.15) is 46.5 Å². The van der Waals surface area contributed by atoms with E-state index in [4.69, 9.17) is 5.73 Å². The first kappa shape index (κ1) is 22.1. The maximum Gasteiger partial charge on any atom is 0.326 e. The molecule has 162 valence electrons. The first-order chi connectivity index (χ1) is 15.0. The van der Waals surface area contributed by atoms with E-state index in [-0.39, 0.29) is 6.42 Å². The number of aromatic amines is 1. The Hall–Kier alpha value is -3.63. The number of H-pyrrole nitrogens is 1. The van der Waals surface area contributed by atoms with E-state index in [1.165, 1.54) is 0 Å². The number of hydrogen-bond donors (Lipinski definition) is 5. The van der Waals surface area contributed by atoms with Crippen LogP contribution in [-0.2, 0) is 17.9 Å². The zero-order chi connectivity index (χ0) is 22.1. The number of benzene rings is 1. The largest absolute Gasteiger partial charge is 0.480 e. The van der Waals surface area contributed by atoms with Gasteiger partial charge >= 0.3 is 5.97 Å². The Morgan fingerprint density at radius 3 is 2.42 bits per heavy atom. The number of hydrogen-bond acceptors (Lipinski definition) is 7. The molecule has 0 aliphatic carbocycles. The fraction of sp³-hybridized carbons (Fsp3) is 0.286. The van der Waals surface area contributed by atoms with Crippen molar-refractivity contribution in [3.05, 3.63) is 77.9 Å². The Labute approximate surface area is 179 Å². The highest BCUT2D eigenvalue weighted by molar-refractivity contribution is 5.96. The van der Waals surface area contributed by atoms with E-state index in [1.54, 1.807) is 43.0 Å². The van der Waals surface area contributed by atoms with Crippen LogP contribution in [0, 0.1) is 0 Å². The molecule has 0 aliphatic rings. The van der Waals surface area contributed by atoms with Gasteiger partial charge in [0, 0.05) is 36.9 Å². The molecule has 0 fully saturated rings. The van der Waals surface area contributed by atoms with E-state index >= 15 is 0 Å². The summed E-state index contributed by atoms with van der Waals surface area (Å²) in [5.74, 6) is -0.288. The number of carbonyl (C=O) groups is 2. The predicted molar refractivity (Wildman–Crippen MR) is 113 cm³/mol. The molecule has 10 heteroatoms. The third-order valence-electron chi connectivity index (χ3n) is 4.68. The molecular formula is C21H25N7O3. The second-order valence-corrected chi connectivity index (χ2v) is 6.99. The monoisotopic (exact) mass is 423 g/mol. The molecule has 0 spiro atoms. The van der Waals surface area contributed by atoms with Crippen molar-refractivity contribution in [2.45, 2.75) is 38.0 Å². The van der Waals surface area contributed by atoms with Crippen LogP contribution in [0.15, 0.2) is 55.1 Å². The highest BCUT2D eigenvalue weighted by Crippen LogP contribution is 2.13. The molecule has 0 bridgehead atoms. The normalized spacial score (nSPS) is 12.8. The first-order valence-corrected chi connectivity index (χ1v) is 9.87. The lowest BCUT2D eigenvalue weighted by Gasteiger charge is -2.17. The number of aliphatic carboxylic acids is 1. The van der Waals surface area contributed by atoms with Gasteiger partial charge in [0.2, 0.25) is 0 Å². The minimum atomic E-state index is -1.12. The maximum absolute atomic E-state index is 12.5. The quantitative estimate of drug-likeness (QED) is 0.307. The van der Waals surface area contributed by atoms with E-state index in [1.807, 2.05) is 12.1 Å². The standard InChI is InChI=1S/C21H25N7O3/c22-16(19-26-8-1-9-27-19)6-7-17(21(30)31)28-20(29)15-4-2-14(3-5-15)12-23-13-18-24-10-11-25-18/h1-5,8-11,16-17,23H,6-7,12-13,22H2,(H,24,25)(H,28,29)(H,30,31)/t16?,17-/m0/s1. The lowest BCUT2D eigenvalue weighted by molar-refractivity contribution is -0.139. The van der Waals surface area contributed by atoms with E-state index < -0.39 is 24.0 Å². The van der Waals surface area contributed by atoms with Crippen LogP contribution in [0.2, 0.25) is 0 Å². The van der Waals surface area contributed by atoms with Crippen LogP contribution in [0.5, 0.6) is 0 Å². The second-order valence-electron chi connectivity index (χ2n) is 6.99.